The predicted molar refractivity (Wildman–Crippen MR) is 93.9 cm³/mol. The second kappa shape index (κ2) is 8.02. The molecule has 4 heteroatoms. The zero-order chi connectivity index (χ0) is 16.8. The molecular weight excluding hydrogens is 310 g/mol. The van der Waals surface area contributed by atoms with Gasteiger partial charge < -0.3 is 10.1 Å². The summed E-state index contributed by atoms with van der Waals surface area (Å²) in [4.78, 5) is 12.4. The van der Waals surface area contributed by atoms with E-state index in [2.05, 4.69) is 5.32 Å². The summed E-state index contributed by atoms with van der Waals surface area (Å²) < 4.78 is 5.91. The van der Waals surface area contributed by atoms with E-state index in [-0.39, 0.29) is 5.91 Å². The van der Waals surface area contributed by atoms with Crippen LogP contribution in [0.25, 0.3) is 0 Å². The fraction of sp³-hybridized carbons (Fsp3) is 0.316. The molecule has 0 fully saturated rings. The van der Waals surface area contributed by atoms with E-state index < -0.39 is 6.10 Å². The molecule has 0 aromatic heterocycles. The van der Waals surface area contributed by atoms with Gasteiger partial charge in [0, 0.05) is 11.6 Å². The Kier molecular flexibility index (Phi) is 6.05. The summed E-state index contributed by atoms with van der Waals surface area (Å²) in [5.41, 5.74) is 3.22. The Balaban J connectivity index is 1.98. The van der Waals surface area contributed by atoms with E-state index >= 15 is 0 Å². The van der Waals surface area contributed by atoms with Gasteiger partial charge in [0.05, 0.1) is 0 Å². The SMILES string of the molecule is CC[C@H](Oc1cccc(C)c1C)C(=O)NCc1ccc(Cl)cc1. The van der Waals surface area contributed by atoms with Gasteiger partial charge in [0.25, 0.3) is 5.91 Å². The molecule has 3 nitrogen and oxygen atoms in total. The first-order valence-corrected chi connectivity index (χ1v) is 8.14. The lowest BCUT2D eigenvalue weighted by Crippen LogP contribution is -2.37. The summed E-state index contributed by atoms with van der Waals surface area (Å²) in [5, 5.41) is 3.60. The number of carbonyl (C=O) groups is 1. The number of hydrogen-bond acceptors (Lipinski definition) is 2. The third-order valence-corrected chi connectivity index (χ3v) is 4.12. The zero-order valence-corrected chi connectivity index (χ0v) is 14.5. The number of amides is 1. The monoisotopic (exact) mass is 331 g/mol. The minimum absolute atomic E-state index is 0.108. The van der Waals surface area contributed by atoms with Crippen molar-refractivity contribution in [2.75, 3.05) is 0 Å². The van der Waals surface area contributed by atoms with Crippen LogP contribution in [0.3, 0.4) is 0 Å². The lowest BCUT2D eigenvalue weighted by Gasteiger charge is -2.19. The number of ether oxygens (including phenoxy) is 1. The van der Waals surface area contributed by atoms with Gasteiger partial charge in [0.1, 0.15) is 5.75 Å². The first-order chi connectivity index (χ1) is 11.0. The first-order valence-electron chi connectivity index (χ1n) is 7.76. The van der Waals surface area contributed by atoms with E-state index in [0.29, 0.717) is 18.0 Å². The van der Waals surface area contributed by atoms with Crippen LogP contribution in [0.1, 0.15) is 30.0 Å². The molecule has 1 atom stereocenters. The Morgan fingerprint density at radius 1 is 1.17 bits per heavy atom. The fourth-order valence-corrected chi connectivity index (χ4v) is 2.36. The molecule has 2 rings (SSSR count). The van der Waals surface area contributed by atoms with Crippen LogP contribution < -0.4 is 10.1 Å². The molecule has 0 bridgehead atoms. The maximum absolute atomic E-state index is 12.4. The van der Waals surface area contributed by atoms with Gasteiger partial charge in [0.15, 0.2) is 6.10 Å². The van der Waals surface area contributed by atoms with Crippen LogP contribution in [0, 0.1) is 13.8 Å². The predicted octanol–water partition coefficient (Wildman–Crippen LogP) is 4.43. The number of halogens is 1. The summed E-state index contributed by atoms with van der Waals surface area (Å²) in [6.45, 7) is 6.44. The maximum atomic E-state index is 12.4. The van der Waals surface area contributed by atoms with Crippen molar-refractivity contribution >= 4 is 17.5 Å². The molecule has 0 unspecified atom stereocenters. The molecule has 122 valence electrons. The summed E-state index contributed by atoms with van der Waals surface area (Å²) in [5.74, 6) is 0.654. The standard InChI is InChI=1S/C19H22ClNO2/c1-4-17(23-18-7-5-6-13(2)14(18)3)19(22)21-12-15-8-10-16(20)11-9-15/h5-11,17H,4,12H2,1-3H3,(H,21,22)/t17-/m0/s1. The highest BCUT2D eigenvalue weighted by Gasteiger charge is 2.19. The molecule has 1 amide bonds. The highest BCUT2D eigenvalue weighted by atomic mass is 35.5. The molecule has 0 saturated carbocycles. The Labute approximate surface area is 142 Å². The van der Waals surface area contributed by atoms with Gasteiger partial charge in [-0.3, -0.25) is 4.79 Å². The van der Waals surface area contributed by atoms with Crippen LogP contribution in [0.15, 0.2) is 42.5 Å². The van der Waals surface area contributed by atoms with Crippen molar-refractivity contribution < 1.29 is 9.53 Å². The summed E-state index contributed by atoms with van der Waals surface area (Å²) in [7, 11) is 0. The van der Waals surface area contributed by atoms with Gasteiger partial charge in [-0.25, -0.2) is 0 Å². The lowest BCUT2D eigenvalue weighted by molar-refractivity contribution is -0.128. The van der Waals surface area contributed by atoms with Crippen LogP contribution in [-0.4, -0.2) is 12.0 Å². The van der Waals surface area contributed by atoms with Crippen LogP contribution in [0.5, 0.6) is 5.75 Å². The van der Waals surface area contributed by atoms with E-state index in [1.807, 2.05) is 63.2 Å². The van der Waals surface area contributed by atoms with Crippen molar-refractivity contribution in [3.8, 4) is 5.75 Å². The highest BCUT2D eigenvalue weighted by molar-refractivity contribution is 6.30. The quantitative estimate of drug-likeness (QED) is 0.850. The van der Waals surface area contributed by atoms with Crippen molar-refractivity contribution in [1.82, 2.24) is 5.32 Å². The summed E-state index contributed by atoms with van der Waals surface area (Å²) in [6.07, 6.45) is 0.114. The van der Waals surface area contributed by atoms with Gasteiger partial charge in [0.2, 0.25) is 0 Å². The molecule has 0 radical (unpaired) electrons. The second-order valence-electron chi connectivity index (χ2n) is 5.56. The van der Waals surface area contributed by atoms with Crippen LogP contribution >= 0.6 is 11.6 Å². The molecule has 2 aromatic carbocycles. The molecule has 0 aliphatic heterocycles. The van der Waals surface area contributed by atoms with Gasteiger partial charge in [-0.05, 0) is 55.2 Å². The molecule has 23 heavy (non-hydrogen) atoms. The zero-order valence-electron chi connectivity index (χ0n) is 13.7. The van der Waals surface area contributed by atoms with E-state index in [4.69, 9.17) is 16.3 Å². The highest BCUT2D eigenvalue weighted by Crippen LogP contribution is 2.22. The minimum Gasteiger partial charge on any atom is -0.480 e. The summed E-state index contributed by atoms with van der Waals surface area (Å²) in [6, 6.07) is 13.3. The Morgan fingerprint density at radius 2 is 1.87 bits per heavy atom. The number of benzene rings is 2. The number of hydrogen-bond donors (Lipinski definition) is 1. The van der Waals surface area contributed by atoms with Crippen molar-refractivity contribution in [2.45, 2.75) is 39.8 Å². The number of aryl methyl sites for hydroxylation is 1. The smallest absolute Gasteiger partial charge is 0.261 e. The molecule has 2 aromatic rings. The lowest BCUT2D eigenvalue weighted by atomic mass is 10.1. The van der Waals surface area contributed by atoms with Crippen molar-refractivity contribution in [2.24, 2.45) is 0 Å². The van der Waals surface area contributed by atoms with Gasteiger partial charge in [-0.2, -0.15) is 0 Å². The van der Waals surface area contributed by atoms with E-state index in [0.717, 1.165) is 22.4 Å². The van der Waals surface area contributed by atoms with Crippen molar-refractivity contribution in [3.63, 3.8) is 0 Å². The normalized spacial score (nSPS) is 11.8. The van der Waals surface area contributed by atoms with Crippen LogP contribution in [0.2, 0.25) is 5.02 Å². The second-order valence-corrected chi connectivity index (χ2v) is 5.99. The first kappa shape index (κ1) is 17.4. The van der Waals surface area contributed by atoms with Crippen molar-refractivity contribution in [1.29, 1.82) is 0 Å². The Morgan fingerprint density at radius 3 is 2.52 bits per heavy atom. The van der Waals surface area contributed by atoms with Gasteiger partial charge in [-0.15, -0.1) is 0 Å². The van der Waals surface area contributed by atoms with E-state index in [9.17, 15) is 4.79 Å². The minimum atomic E-state index is -0.497. The Hall–Kier alpha value is -2.00. The number of carbonyl (C=O) groups excluding carboxylic acids is 1. The molecule has 0 saturated heterocycles. The van der Waals surface area contributed by atoms with Crippen molar-refractivity contribution in [3.05, 3.63) is 64.2 Å². The van der Waals surface area contributed by atoms with Gasteiger partial charge in [-0.1, -0.05) is 42.8 Å². The molecule has 0 heterocycles. The molecular formula is C19H22ClNO2. The fourth-order valence-electron chi connectivity index (χ4n) is 2.23. The maximum Gasteiger partial charge on any atom is 0.261 e. The Bertz CT molecular complexity index is 668. The third kappa shape index (κ3) is 4.73. The number of rotatable bonds is 6. The average Bonchev–Trinajstić information content (AvgIpc) is 2.55. The topological polar surface area (TPSA) is 38.3 Å². The molecule has 0 spiro atoms. The third-order valence-electron chi connectivity index (χ3n) is 3.87. The number of nitrogens with one attached hydrogen (secondary N) is 1. The average molecular weight is 332 g/mol. The largest absolute Gasteiger partial charge is 0.480 e. The van der Waals surface area contributed by atoms with E-state index in [1.54, 1.807) is 0 Å². The van der Waals surface area contributed by atoms with Crippen LogP contribution in [0.4, 0.5) is 0 Å². The summed E-state index contributed by atoms with van der Waals surface area (Å²) >= 11 is 5.86. The molecule has 0 aliphatic rings. The van der Waals surface area contributed by atoms with Crippen LogP contribution in [-0.2, 0) is 11.3 Å². The molecule has 0 aliphatic carbocycles. The molecule has 1 N–H and O–H groups in total. The van der Waals surface area contributed by atoms with Gasteiger partial charge >= 0.3 is 0 Å². The van der Waals surface area contributed by atoms with E-state index in [1.165, 1.54) is 0 Å².